The number of hydrogen-bond donors (Lipinski definition) is 1. The van der Waals surface area contributed by atoms with Crippen molar-refractivity contribution < 1.29 is 14.6 Å². The van der Waals surface area contributed by atoms with Crippen molar-refractivity contribution in [3.05, 3.63) is 42.5 Å². The minimum atomic E-state index is -0.250. The number of hydrogen-bond acceptors (Lipinski definition) is 2. The van der Waals surface area contributed by atoms with Gasteiger partial charge >= 0.3 is 0 Å². The highest BCUT2D eigenvalue weighted by Crippen LogP contribution is 2.20. The van der Waals surface area contributed by atoms with E-state index in [1.165, 1.54) is 5.56 Å². The molecule has 1 heterocycles. The first kappa shape index (κ1) is 12.2. The van der Waals surface area contributed by atoms with Crippen LogP contribution in [0.2, 0.25) is 0 Å². The van der Waals surface area contributed by atoms with E-state index < -0.39 is 0 Å². The second kappa shape index (κ2) is 7.86. The predicted octanol–water partition coefficient (Wildman–Crippen LogP) is 2.47. The molecule has 3 heteroatoms. The van der Waals surface area contributed by atoms with Crippen molar-refractivity contribution in [2.24, 2.45) is 0 Å². The smallest absolute Gasteiger partial charge is 0.290 e. The summed E-state index contributed by atoms with van der Waals surface area (Å²) in [6, 6.07) is 8.10. The second-order valence-electron chi connectivity index (χ2n) is 2.45. The summed E-state index contributed by atoms with van der Waals surface area (Å²) in [5.74, 6) is 1.00. The van der Waals surface area contributed by atoms with Crippen molar-refractivity contribution in [3.63, 3.8) is 0 Å². The number of fused-ring (bicyclic) bond motifs is 2. The largest absolute Gasteiger partial charge is 0.489 e. The Bertz CT molecular complexity index is 256. The van der Waals surface area contributed by atoms with Crippen LogP contribution >= 0.6 is 0 Å². The molecule has 0 saturated heterocycles. The van der Waals surface area contributed by atoms with Crippen LogP contribution in [-0.2, 0) is 11.4 Å². The van der Waals surface area contributed by atoms with E-state index in [2.05, 4.69) is 18.7 Å². The average molecular weight is 194 g/mol. The van der Waals surface area contributed by atoms with Crippen LogP contribution in [0.25, 0.3) is 0 Å². The van der Waals surface area contributed by atoms with Crippen molar-refractivity contribution in [2.45, 2.75) is 13.5 Å². The number of rotatable bonds is 0. The van der Waals surface area contributed by atoms with Gasteiger partial charge in [-0.25, -0.2) is 0 Å². The normalized spacial score (nSPS) is 9.50. The van der Waals surface area contributed by atoms with Crippen molar-refractivity contribution in [2.75, 3.05) is 0 Å². The monoisotopic (exact) mass is 194 g/mol. The molecule has 1 N–H and O–H groups in total. The Kier molecular flexibility index (Phi) is 6.86. The fraction of sp³-hybridized carbons (Fsp3) is 0.182. The highest BCUT2D eigenvalue weighted by atomic mass is 16.5. The lowest BCUT2D eigenvalue weighted by atomic mass is 10.2. The van der Waals surface area contributed by atoms with Gasteiger partial charge in [0.1, 0.15) is 12.4 Å². The Morgan fingerprint density at radius 1 is 1.57 bits per heavy atom. The van der Waals surface area contributed by atoms with Crippen molar-refractivity contribution in [1.82, 2.24) is 0 Å². The van der Waals surface area contributed by atoms with Crippen LogP contribution in [0.4, 0.5) is 0 Å². The Labute approximate surface area is 83.6 Å². The number of benzene rings is 1. The molecule has 1 aliphatic rings. The zero-order valence-electron chi connectivity index (χ0n) is 8.14. The zero-order chi connectivity index (χ0) is 10.8. The van der Waals surface area contributed by atoms with E-state index >= 15 is 0 Å². The third kappa shape index (κ3) is 4.98. The second-order valence-corrected chi connectivity index (χ2v) is 2.45. The fourth-order valence-corrected chi connectivity index (χ4v) is 0.892. The maximum absolute atomic E-state index is 8.36. The van der Waals surface area contributed by atoms with Gasteiger partial charge in [0.25, 0.3) is 6.47 Å². The van der Waals surface area contributed by atoms with Gasteiger partial charge in [-0.05, 0) is 24.6 Å². The van der Waals surface area contributed by atoms with Gasteiger partial charge in [-0.1, -0.05) is 18.2 Å². The molecule has 0 aliphatic carbocycles. The van der Waals surface area contributed by atoms with E-state index in [0.717, 1.165) is 12.4 Å². The van der Waals surface area contributed by atoms with Crippen molar-refractivity contribution >= 4 is 6.47 Å². The predicted molar refractivity (Wildman–Crippen MR) is 55.3 cm³/mol. The average Bonchev–Trinajstić information content (AvgIpc) is 2.48. The Morgan fingerprint density at radius 3 is 2.57 bits per heavy atom. The van der Waals surface area contributed by atoms with Gasteiger partial charge in [-0.15, -0.1) is 6.58 Å². The molecular weight excluding hydrogens is 180 g/mol. The molecule has 0 radical (unpaired) electrons. The van der Waals surface area contributed by atoms with E-state index in [1.54, 1.807) is 6.08 Å². The summed E-state index contributed by atoms with van der Waals surface area (Å²) in [6.45, 7) is 5.77. The number of allylic oxidation sites excluding steroid dienone is 1. The van der Waals surface area contributed by atoms with Crippen LogP contribution in [0.5, 0.6) is 5.75 Å². The molecule has 1 aromatic carbocycles. The van der Waals surface area contributed by atoms with Crippen molar-refractivity contribution in [3.8, 4) is 5.75 Å². The van der Waals surface area contributed by atoms with Crippen LogP contribution in [0.3, 0.4) is 0 Å². The lowest BCUT2D eigenvalue weighted by Gasteiger charge is -1.88. The summed E-state index contributed by atoms with van der Waals surface area (Å²) in [7, 11) is 0. The van der Waals surface area contributed by atoms with Crippen LogP contribution < -0.4 is 4.74 Å². The molecule has 0 aromatic heterocycles. The molecule has 0 unspecified atom stereocenters. The van der Waals surface area contributed by atoms with E-state index in [0.29, 0.717) is 0 Å². The molecule has 14 heavy (non-hydrogen) atoms. The molecule has 0 saturated carbocycles. The van der Waals surface area contributed by atoms with Gasteiger partial charge in [0.05, 0.1) is 0 Å². The first-order valence-electron chi connectivity index (χ1n) is 4.15. The molecule has 0 fully saturated rings. The molecule has 76 valence electrons. The minimum absolute atomic E-state index is 0.250. The maximum atomic E-state index is 8.36. The van der Waals surface area contributed by atoms with Gasteiger partial charge in [0.2, 0.25) is 0 Å². The quantitative estimate of drug-likeness (QED) is 0.509. The minimum Gasteiger partial charge on any atom is -0.489 e. The van der Waals surface area contributed by atoms with Crippen LogP contribution in [-0.4, -0.2) is 11.6 Å². The standard InChI is InChI=1S/C7H6O.C3H6.CH2O2/c1-2-6-4-7(3-1)8-5-6;1-3-2;2-1-3/h1-4H,5H2;3H,1H2,2H3;1H,(H,2,3). The highest BCUT2D eigenvalue weighted by Gasteiger charge is 2.03. The molecular formula is C11H14O3. The van der Waals surface area contributed by atoms with Crippen LogP contribution in [0.15, 0.2) is 36.9 Å². The van der Waals surface area contributed by atoms with Gasteiger partial charge < -0.3 is 9.84 Å². The molecule has 0 spiro atoms. The summed E-state index contributed by atoms with van der Waals surface area (Å²) >= 11 is 0. The molecule has 2 bridgehead atoms. The Hall–Kier alpha value is -1.77. The summed E-state index contributed by atoms with van der Waals surface area (Å²) < 4.78 is 5.18. The van der Waals surface area contributed by atoms with Crippen molar-refractivity contribution in [1.29, 1.82) is 0 Å². The third-order valence-corrected chi connectivity index (χ3v) is 1.30. The molecule has 1 aromatic rings. The SMILES string of the molecule is C=CC.O=CO.c1cc2cc(c1)OC2. The van der Waals surface area contributed by atoms with Crippen LogP contribution in [0.1, 0.15) is 12.5 Å². The number of carbonyl (C=O) groups is 1. The van der Waals surface area contributed by atoms with E-state index in [-0.39, 0.29) is 6.47 Å². The van der Waals surface area contributed by atoms with Gasteiger partial charge in [0, 0.05) is 0 Å². The first-order valence-corrected chi connectivity index (χ1v) is 4.15. The van der Waals surface area contributed by atoms with E-state index in [9.17, 15) is 0 Å². The summed E-state index contributed by atoms with van der Waals surface area (Å²) in [6.07, 6.45) is 1.75. The lowest BCUT2D eigenvalue weighted by molar-refractivity contribution is -0.122. The van der Waals surface area contributed by atoms with E-state index in [4.69, 9.17) is 14.6 Å². The number of carboxylic acid groups (broad SMARTS) is 1. The third-order valence-electron chi connectivity index (χ3n) is 1.30. The molecule has 2 rings (SSSR count). The molecule has 1 aliphatic heterocycles. The summed E-state index contributed by atoms with van der Waals surface area (Å²) in [4.78, 5) is 8.36. The topological polar surface area (TPSA) is 46.5 Å². The Morgan fingerprint density at radius 2 is 2.14 bits per heavy atom. The van der Waals surface area contributed by atoms with Gasteiger partial charge in [-0.2, -0.15) is 0 Å². The van der Waals surface area contributed by atoms with Gasteiger partial charge in [0.15, 0.2) is 0 Å². The first-order chi connectivity index (χ1) is 6.78. The molecule has 0 atom stereocenters. The molecule has 0 amide bonds. The number of ether oxygens (including phenoxy) is 1. The highest BCUT2D eigenvalue weighted by molar-refractivity contribution is 5.32. The fourth-order valence-electron chi connectivity index (χ4n) is 0.892. The zero-order valence-corrected chi connectivity index (χ0v) is 8.14. The maximum Gasteiger partial charge on any atom is 0.290 e. The Balaban J connectivity index is 0.000000242. The van der Waals surface area contributed by atoms with Gasteiger partial charge in [-0.3, -0.25) is 4.79 Å². The van der Waals surface area contributed by atoms with E-state index in [1.807, 2.05) is 19.1 Å². The lowest BCUT2D eigenvalue weighted by Crippen LogP contribution is -1.80. The summed E-state index contributed by atoms with van der Waals surface area (Å²) in [5, 5.41) is 6.89. The molecule has 3 nitrogen and oxygen atoms in total. The van der Waals surface area contributed by atoms with Crippen LogP contribution in [0, 0.1) is 0 Å². The summed E-state index contributed by atoms with van der Waals surface area (Å²) in [5.41, 5.74) is 1.28.